The number of hydrogen-bond acceptors (Lipinski definition) is 5. The van der Waals surface area contributed by atoms with Gasteiger partial charge >= 0.3 is 0 Å². The third kappa shape index (κ3) is 2.81. The van der Waals surface area contributed by atoms with Crippen LogP contribution in [0.4, 0.5) is 10.7 Å². The van der Waals surface area contributed by atoms with Crippen LogP contribution in [0, 0.1) is 0 Å². The molecule has 2 heterocycles. The molecule has 0 atom stereocenters. The lowest BCUT2D eigenvalue weighted by atomic mass is 10.1. The van der Waals surface area contributed by atoms with Crippen LogP contribution in [0.3, 0.4) is 0 Å². The number of thiophene rings is 1. The van der Waals surface area contributed by atoms with Gasteiger partial charge in [-0.1, -0.05) is 0 Å². The van der Waals surface area contributed by atoms with E-state index in [0.29, 0.717) is 12.0 Å². The second kappa shape index (κ2) is 5.61. The first-order chi connectivity index (χ1) is 9.99. The SMILES string of the molecule is CC(=O)c1sc(N2CCN(C(C)C)CC2)c(C2CC2)c1N. The van der Waals surface area contributed by atoms with Gasteiger partial charge in [0, 0.05) is 44.7 Å². The third-order valence-corrected chi connectivity index (χ3v) is 5.98. The lowest BCUT2D eigenvalue weighted by Crippen LogP contribution is -2.48. The molecule has 1 saturated heterocycles. The molecule has 5 heteroatoms. The molecule has 1 aliphatic carbocycles. The van der Waals surface area contributed by atoms with Crippen LogP contribution in [0.15, 0.2) is 0 Å². The van der Waals surface area contributed by atoms with E-state index < -0.39 is 0 Å². The first kappa shape index (κ1) is 14.9. The lowest BCUT2D eigenvalue weighted by molar-refractivity contribution is 0.102. The summed E-state index contributed by atoms with van der Waals surface area (Å²) in [5, 5.41) is 1.27. The second-order valence-electron chi connectivity index (χ2n) is 6.51. The standard InChI is InChI=1S/C16H25N3OS/c1-10(2)18-6-8-19(9-7-18)16-13(12-4-5-12)14(17)15(21-16)11(3)20/h10,12H,4-9,17H2,1-3H3. The van der Waals surface area contributed by atoms with E-state index in [0.717, 1.165) is 36.7 Å². The molecule has 3 rings (SSSR count). The number of carbonyl (C=O) groups is 1. The fourth-order valence-electron chi connectivity index (χ4n) is 3.15. The zero-order valence-electron chi connectivity index (χ0n) is 13.2. The van der Waals surface area contributed by atoms with Crippen LogP contribution in [-0.2, 0) is 0 Å². The van der Waals surface area contributed by atoms with Crippen molar-refractivity contribution in [3.63, 3.8) is 0 Å². The van der Waals surface area contributed by atoms with Gasteiger partial charge in [0.05, 0.1) is 15.6 Å². The number of ketones is 1. The van der Waals surface area contributed by atoms with Gasteiger partial charge in [-0.25, -0.2) is 0 Å². The maximum atomic E-state index is 11.8. The quantitative estimate of drug-likeness (QED) is 0.869. The monoisotopic (exact) mass is 307 g/mol. The Hall–Kier alpha value is -1.07. The zero-order valence-corrected chi connectivity index (χ0v) is 14.0. The maximum absolute atomic E-state index is 11.8. The van der Waals surface area contributed by atoms with Crippen molar-refractivity contribution >= 4 is 27.8 Å². The Morgan fingerprint density at radius 2 is 1.86 bits per heavy atom. The predicted molar refractivity (Wildman–Crippen MR) is 89.6 cm³/mol. The van der Waals surface area contributed by atoms with E-state index in [2.05, 4.69) is 23.6 Å². The summed E-state index contributed by atoms with van der Waals surface area (Å²) in [7, 11) is 0. The number of rotatable bonds is 4. The first-order valence-corrected chi connectivity index (χ1v) is 8.72. The molecule has 0 radical (unpaired) electrons. The molecule has 4 nitrogen and oxygen atoms in total. The van der Waals surface area contributed by atoms with Crippen LogP contribution in [0.1, 0.15) is 54.8 Å². The highest BCUT2D eigenvalue weighted by Crippen LogP contribution is 2.52. The van der Waals surface area contributed by atoms with Crippen molar-refractivity contribution in [1.29, 1.82) is 0 Å². The summed E-state index contributed by atoms with van der Waals surface area (Å²) >= 11 is 1.61. The van der Waals surface area contributed by atoms with Gasteiger partial charge in [-0.15, -0.1) is 11.3 Å². The number of nitrogens with two attached hydrogens (primary N) is 1. The van der Waals surface area contributed by atoms with E-state index >= 15 is 0 Å². The van der Waals surface area contributed by atoms with Crippen molar-refractivity contribution in [3.05, 3.63) is 10.4 Å². The zero-order chi connectivity index (χ0) is 15.1. The molecule has 1 aliphatic heterocycles. The summed E-state index contributed by atoms with van der Waals surface area (Å²) in [6, 6.07) is 0.608. The molecule has 1 saturated carbocycles. The highest BCUT2D eigenvalue weighted by molar-refractivity contribution is 7.18. The molecular weight excluding hydrogens is 282 g/mol. The number of piperazine rings is 1. The van der Waals surface area contributed by atoms with Gasteiger partial charge in [0.25, 0.3) is 0 Å². The van der Waals surface area contributed by atoms with Crippen molar-refractivity contribution in [2.45, 2.75) is 45.6 Å². The van der Waals surface area contributed by atoms with Gasteiger partial charge in [-0.05, 0) is 32.6 Å². The highest BCUT2D eigenvalue weighted by atomic mass is 32.1. The third-order valence-electron chi connectivity index (χ3n) is 4.60. The Morgan fingerprint density at radius 3 is 2.33 bits per heavy atom. The van der Waals surface area contributed by atoms with Gasteiger partial charge in [0.15, 0.2) is 5.78 Å². The molecule has 0 amide bonds. The minimum absolute atomic E-state index is 0.103. The smallest absolute Gasteiger partial charge is 0.171 e. The van der Waals surface area contributed by atoms with Crippen LogP contribution < -0.4 is 10.6 Å². The normalized spacial score (nSPS) is 20.3. The Kier molecular flexibility index (Phi) is 3.97. The summed E-state index contributed by atoms with van der Waals surface area (Å²) in [4.78, 5) is 17.5. The van der Waals surface area contributed by atoms with Crippen LogP contribution in [0.2, 0.25) is 0 Å². The largest absolute Gasteiger partial charge is 0.397 e. The lowest BCUT2D eigenvalue weighted by Gasteiger charge is -2.38. The minimum Gasteiger partial charge on any atom is -0.397 e. The molecule has 2 aliphatic rings. The molecule has 0 bridgehead atoms. The summed E-state index contributed by atoms with van der Waals surface area (Å²) in [6.45, 7) is 10.4. The van der Waals surface area contributed by atoms with Gasteiger partial charge in [-0.3, -0.25) is 9.69 Å². The van der Waals surface area contributed by atoms with Crippen LogP contribution >= 0.6 is 11.3 Å². The average Bonchev–Trinajstić information content (AvgIpc) is 3.22. The Balaban J connectivity index is 1.85. The minimum atomic E-state index is 0.103. The maximum Gasteiger partial charge on any atom is 0.171 e. The molecule has 0 spiro atoms. The molecule has 0 unspecified atom stereocenters. The van der Waals surface area contributed by atoms with Crippen molar-refractivity contribution in [1.82, 2.24) is 4.90 Å². The van der Waals surface area contributed by atoms with Crippen molar-refractivity contribution in [2.24, 2.45) is 0 Å². The van der Waals surface area contributed by atoms with E-state index in [1.807, 2.05) is 0 Å². The van der Waals surface area contributed by atoms with Gasteiger partial charge in [0.1, 0.15) is 0 Å². The number of nitrogen functional groups attached to an aromatic ring is 1. The summed E-state index contributed by atoms with van der Waals surface area (Å²) in [5.41, 5.74) is 8.31. The number of anilines is 2. The number of Topliss-reactive ketones (excluding diaryl/α,β-unsaturated/α-hetero) is 1. The van der Waals surface area contributed by atoms with Crippen LogP contribution in [-0.4, -0.2) is 42.9 Å². The summed E-state index contributed by atoms with van der Waals surface area (Å²) in [5.74, 6) is 0.693. The van der Waals surface area contributed by atoms with Gasteiger partial charge < -0.3 is 10.6 Å². The fourth-order valence-corrected chi connectivity index (χ4v) is 4.40. The van der Waals surface area contributed by atoms with E-state index in [4.69, 9.17) is 5.73 Å². The van der Waals surface area contributed by atoms with E-state index in [9.17, 15) is 4.79 Å². The van der Waals surface area contributed by atoms with Crippen LogP contribution in [0.5, 0.6) is 0 Å². The Morgan fingerprint density at radius 1 is 1.24 bits per heavy atom. The molecule has 1 aromatic rings. The molecule has 0 aromatic carbocycles. The summed E-state index contributed by atoms with van der Waals surface area (Å²) in [6.07, 6.45) is 2.44. The Labute approximate surface area is 130 Å². The fraction of sp³-hybridized carbons (Fsp3) is 0.688. The number of hydrogen-bond donors (Lipinski definition) is 1. The van der Waals surface area contributed by atoms with Crippen molar-refractivity contribution in [3.8, 4) is 0 Å². The van der Waals surface area contributed by atoms with Crippen molar-refractivity contribution in [2.75, 3.05) is 36.8 Å². The van der Waals surface area contributed by atoms with E-state index in [-0.39, 0.29) is 5.78 Å². The van der Waals surface area contributed by atoms with Crippen molar-refractivity contribution < 1.29 is 4.79 Å². The molecule has 2 N–H and O–H groups in total. The first-order valence-electron chi connectivity index (χ1n) is 7.91. The number of nitrogens with zero attached hydrogens (tertiary/aromatic N) is 2. The molecule has 1 aromatic heterocycles. The van der Waals surface area contributed by atoms with E-state index in [1.165, 1.54) is 23.4 Å². The molecule has 116 valence electrons. The second-order valence-corrected chi connectivity index (χ2v) is 7.51. The van der Waals surface area contributed by atoms with Gasteiger partial charge in [0.2, 0.25) is 0 Å². The number of carbonyl (C=O) groups excluding carboxylic acids is 1. The molecule has 2 fully saturated rings. The van der Waals surface area contributed by atoms with E-state index in [1.54, 1.807) is 18.3 Å². The Bertz CT molecular complexity index is 540. The predicted octanol–water partition coefficient (Wildman–Crippen LogP) is 2.94. The summed E-state index contributed by atoms with van der Waals surface area (Å²) < 4.78 is 0. The van der Waals surface area contributed by atoms with Crippen LogP contribution in [0.25, 0.3) is 0 Å². The molecule has 21 heavy (non-hydrogen) atoms. The molecular formula is C16H25N3OS. The topological polar surface area (TPSA) is 49.6 Å². The highest BCUT2D eigenvalue weighted by Gasteiger charge is 2.34. The van der Waals surface area contributed by atoms with Gasteiger partial charge in [-0.2, -0.15) is 0 Å². The average molecular weight is 307 g/mol.